The number of carbonyl (C=O) groups excluding carboxylic acids is 1. The molecule has 0 aromatic carbocycles. The molecule has 1 saturated heterocycles. The fourth-order valence-electron chi connectivity index (χ4n) is 2.21. The van der Waals surface area contributed by atoms with Gasteiger partial charge in [0.05, 0.1) is 30.4 Å². The van der Waals surface area contributed by atoms with Crippen LogP contribution in [0, 0.1) is 10.1 Å². The Labute approximate surface area is 115 Å². The molecule has 1 fully saturated rings. The number of morpholine rings is 1. The zero-order valence-electron chi connectivity index (χ0n) is 11.2. The number of hydrogen-bond acceptors (Lipinski definition) is 5. The number of aliphatic hydroxyl groups excluding tert-OH is 1. The number of hydrogen-bond donors (Lipinski definition) is 1. The summed E-state index contributed by atoms with van der Waals surface area (Å²) in [5.41, 5.74) is 0.194. The molecule has 1 unspecified atom stereocenters. The van der Waals surface area contributed by atoms with E-state index in [1.807, 2.05) is 6.92 Å². The average molecular weight is 283 g/mol. The van der Waals surface area contributed by atoms with Gasteiger partial charge >= 0.3 is 0 Å². The van der Waals surface area contributed by atoms with Crippen LogP contribution in [0.25, 0.3) is 0 Å². The molecule has 1 amide bonds. The molecule has 0 radical (unpaired) electrons. The molecule has 1 aromatic rings. The van der Waals surface area contributed by atoms with Crippen LogP contribution in [0.3, 0.4) is 0 Å². The van der Waals surface area contributed by atoms with E-state index >= 15 is 0 Å². The van der Waals surface area contributed by atoms with Gasteiger partial charge in [-0.05, 0) is 6.92 Å². The zero-order chi connectivity index (χ0) is 14.7. The van der Waals surface area contributed by atoms with E-state index < -0.39 is 11.0 Å². The summed E-state index contributed by atoms with van der Waals surface area (Å²) in [6.45, 7) is 3.19. The van der Waals surface area contributed by atoms with E-state index in [9.17, 15) is 14.9 Å². The first kappa shape index (κ1) is 14.5. The molecule has 8 heteroatoms. The average Bonchev–Trinajstić information content (AvgIpc) is 2.91. The number of ether oxygens (including phenoxy) is 1. The van der Waals surface area contributed by atoms with Crippen LogP contribution < -0.4 is 0 Å². The van der Waals surface area contributed by atoms with E-state index in [0.29, 0.717) is 19.7 Å². The third kappa shape index (κ3) is 2.81. The number of rotatable bonds is 4. The molecule has 20 heavy (non-hydrogen) atoms. The van der Waals surface area contributed by atoms with Gasteiger partial charge in [0.2, 0.25) is 0 Å². The first-order chi connectivity index (χ1) is 9.56. The molecule has 1 aliphatic heterocycles. The molecule has 110 valence electrons. The van der Waals surface area contributed by atoms with Crippen LogP contribution in [0.5, 0.6) is 0 Å². The minimum absolute atomic E-state index is 0.0952. The Balaban J connectivity index is 2.21. The van der Waals surface area contributed by atoms with E-state index in [2.05, 4.69) is 0 Å². The summed E-state index contributed by atoms with van der Waals surface area (Å²) in [6, 6.07) is 1.29. The third-order valence-electron chi connectivity index (χ3n) is 3.28. The summed E-state index contributed by atoms with van der Waals surface area (Å²) in [5.74, 6) is -0.276. The number of aromatic nitrogens is 1. The fourth-order valence-corrected chi connectivity index (χ4v) is 2.21. The second-order valence-corrected chi connectivity index (χ2v) is 4.55. The molecule has 1 aliphatic rings. The second kappa shape index (κ2) is 6.02. The van der Waals surface area contributed by atoms with E-state index in [1.165, 1.54) is 12.3 Å². The summed E-state index contributed by atoms with van der Waals surface area (Å²) in [6.07, 6.45) is 0.963. The number of nitro groups is 1. The molecule has 1 atom stereocenters. The lowest BCUT2D eigenvalue weighted by molar-refractivity contribution is -0.384. The Morgan fingerprint density at radius 3 is 3.00 bits per heavy atom. The van der Waals surface area contributed by atoms with Gasteiger partial charge in [0.25, 0.3) is 11.6 Å². The molecule has 8 nitrogen and oxygen atoms in total. The van der Waals surface area contributed by atoms with Crippen molar-refractivity contribution in [1.82, 2.24) is 9.47 Å². The summed E-state index contributed by atoms with van der Waals surface area (Å²) < 4.78 is 6.84. The van der Waals surface area contributed by atoms with Crippen LogP contribution in [0.1, 0.15) is 17.4 Å². The number of amides is 1. The van der Waals surface area contributed by atoms with Crippen molar-refractivity contribution < 1.29 is 19.6 Å². The van der Waals surface area contributed by atoms with Gasteiger partial charge in [-0.25, -0.2) is 0 Å². The lowest BCUT2D eigenvalue weighted by Gasteiger charge is -2.32. The van der Waals surface area contributed by atoms with Crippen molar-refractivity contribution in [3.8, 4) is 0 Å². The second-order valence-electron chi connectivity index (χ2n) is 4.55. The van der Waals surface area contributed by atoms with Crippen molar-refractivity contribution in [2.75, 3.05) is 26.3 Å². The maximum absolute atomic E-state index is 12.4. The standard InChI is InChI=1S/C12H17N3O5/c1-2-13-6-9(15(18)19)5-11(13)12(17)14-3-4-20-10(7-14)8-16/h5-6,10,16H,2-4,7-8H2,1H3. The molecule has 1 aromatic heterocycles. The largest absolute Gasteiger partial charge is 0.394 e. The summed E-state index contributed by atoms with van der Waals surface area (Å²) in [4.78, 5) is 24.3. The van der Waals surface area contributed by atoms with Gasteiger partial charge in [0.15, 0.2) is 0 Å². The Morgan fingerprint density at radius 1 is 1.65 bits per heavy atom. The molecule has 0 bridgehead atoms. The molecule has 0 saturated carbocycles. The summed E-state index contributed by atoms with van der Waals surface area (Å²) in [5, 5.41) is 19.9. The smallest absolute Gasteiger partial charge is 0.287 e. The van der Waals surface area contributed by atoms with Crippen LogP contribution >= 0.6 is 0 Å². The predicted molar refractivity (Wildman–Crippen MR) is 69.5 cm³/mol. The van der Waals surface area contributed by atoms with Crippen molar-refractivity contribution in [1.29, 1.82) is 0 Å². The Morgan fingerprint density at radius 2 is 2.40 bits per heavy atom. The number of carbonyl (C=O) groups is 1. The molecule has 0 spiro atoms. The minimum atomic E-state index is -0.515. The monoisotopic (exact) mass is 283 g/mol. The molecular weight excluding hydrogens is 266 g/mol. The number of aliphatic hydroxyl groups is 1. The minimum Gasteiger partial charge on any atom is -0.394 e. The molecular formula is C12H17N3O5. The topological polar surface area (TPSA) is 97.8 Å². The van der Waals surface area contributed by atoms with Crippen LogP contribution in [0.4, 0.5) is 5.69 Å². The van der Waals surface area contributed by atoms with Crippen LogP contribution in [-0.2, 0) is 11.3 Å². The van der Waals surface area contributed by atoms with Gasteiger partial charge in [-0.3, -0.25) is 14.9 Å². The van der Waals surface area contributed by atoms with Crippen molar-refractivity contribution in [2.45, 2.75) is 19.6 Å². The highest BCUT2D eigenvalue weighted by Gasteiger charge is 2.28. The maximum atomic E-state index is 12.4. The highest BCUT2D eigenvalue weighted by Crippen LogP contribution is 2.19. The first-order valence-corrected chi connectivity index (χ1v) is 6.43. The number of aryl methyl sites for hydroxylation is 1. The highest BCUT2D eigenvalue weighted by molar-refractivity contribution is 5.93. The quantitative estimate of drug-likeness (QED) is 0.631. The van der Waals surface area contributed by atoms with Gasteiger partial charge in [-0.1, -0.05) is 0 Å². The van der Waals surface area contributed by atoms with Crippen LogP contribution in [0.15, 0.2) is 12.3 Å². The van der Waals surface area contributed by atoms with Gasteiger partial charge < -0.3 is 19.3 Å². The Kier molecular flexibility index (Phi) is 4.35. The van der Waals surface area contributed by atoms with Gasteiger partial charge in [0.1, 0.15) is 5.69 Å². The number of nitrogens with zero attached hydrogens (tertiary/aromatic N) is 3. The normalized spacial score (nSPS) is 19.1. The molecule has 2 heterocycles. The van der Waals surface area contributed by atoms with Crippen molar-refractivity contribution >= 4 is 11.6 Å². The molecule has 0 aliphatic carbocycles. The Hall–Kier alpha value is -1.93. The van der Waals surface area contributed by atoms with Crippen LogP contribution in [0.2, 0.25) is 0 Å². The van der Waals surface area contributed by atoms with Gasteiger partial charge in [-0.15, -0.1) is 0 Å². The van der Waals surface area contributed by atoms with Crippen molar-refractivity contribution in [2.24, 2.45) is 0 Å². The van der Waals surface area contributed by atoms with E-state index in [0.717, 1.165) is 0 Å². The first-order valence-electron chi connectivity index (χ1n) is 6.43. The van der Waals surface area contributed by atoms with Crippen molar-refractivity contribution in [3.05, 3.63) is 28.1 Å². The molecule has 2 rings (SSSR count). The summed E-state index contributed by atoms with van der Waals surface area (Å²) in [7, 11) is 0. The van der Waals surface area contributed by atoms with E-state index in [1.54, 1.807) is 9.47 Å². The highest BCUT2D eigenvalue weighted by atomic mass is 16.6. The summed E-state index contributed by atoms with van der Waals surface area (Å²) >= 11 is 0. The fraction of sp³-hybridized carbons (Fsp3) is 0.583. The van der Waals surface area contributed by atoms with Crippen molar-refractivity contribution in [3.63, 3.8) is 0 Å². The zero-order valence-corrected chi connectivity index (χ0v) is 11.2. The third-order valence-corrected chi connectivity index (χ3v) is 3.28. The van der Waals surface area contributed by atoms with Crippen LogP contribution in [-0.4, -0.2) is 57.8 Å². The van der Waals surface area contributed by atoms with Gasteiger partial charge in [-0.2, -0.15) is 0 Å². The Bertz CT molecular complexity index is 513. The lowest BCUT2D eigenvalue weighted by atomic mass is 10.2. The van der Waals surface area contributed by atoms with E-state index in [-0.39, 0.29) is 30.4 Å². The SMILES string of the molecule is CCn1cc([N+](=O)[O-])cc1C(=O)N1CCOC(CO)C1. The maximum Gasteiger partial charge on any atom is 0.287 e. The lowest BCUT2D eigenvalue weighted by Crippen LogP contribution is -2.47. The van der Waals surface area contributed by atoms with E-state index in [4.69, 9.17) is 9.84 Å². The predicted octanol–water partition coefficient (Wildman–Crippen LogP) is 0.249. The van der Waals surface area contributed by atoms with Gasteiger partial charge in [0, 0.05) is 25.7 Å². The molecule has 1 N–H and O–H groups in total.